The molecular weight excluding hydrogens is 300 g/mol. The molecule has 5 nitrogen and oxygen atoms in total. The zero-order valence-corrected chi connectivity index (χ0v) is 14.1. The fraction of sp³-hybridized carbons (Fsp3) is 0.316. The van der Waals surface area contributed by atoms with Crippen molar-refractivity contribution in [3.05, 3.63) is 59.8 Å². The molecule has 1 aromatic carbocycles. The molecule has 0 saturated heterocycles. The van der Waals surface area contributed by atoms with Crippen LogP contribution in [0, 0.1) is 11.3 Å². The number of rotatable bonds is 7. The van der Waals surface area contributed by atoms with Crippen LogP contribution >= 0.6 is 0 Å². The summed E-state index contributed by atoms with van der Waals surface area (Å²) in [6.07, 6.45) is 2.40. The number of nitrogens with zero attached hydrogens (tertiary/aromatic N) is 3. The predicted molar refractivity (Wildman–Crippen MR) is 94.7 cm³/mol. The van der Waals surface area contributed by atoms with Crippen molar-refractivity contribution in [2.45, 2.75) is 19.3 Å². The molecule has 2 aromatic rings. The Hall–Kier alpha value is -2.87. The Morgan fingerprint density at radius 2 is 2.04 bits per heavy atom. The molecule has 1 atom stereocenters. The van der Waals surface area contributed by atoms with Gasteiger partial charge in [0, 0.05) is 19.8 Å². The van der Waals surface area contributed by atoms with Crippen LogP contribution in [-0.2, 0) is 4.79 Å². The second-order valence-corrected chi connectivity index (χ2v) is 5.82. The predicted octanol–water partition coefficient (Wildman–Crippen LogP) is 2.70. The fourth-order valence-corrected chi connectivity index (χ4v) is 2.41. The van der Waals surface area contributed by atoms with E-state index in [0.717, 1.165) is 6.42 Å². The summed E-state index contributed by atoms with van der Waals surface area (Å²) in [5.41, 5.74) is 1.79. The first-order valence-corrected chi connectivity index (χ1v) is 7.99. The molecule has 5 heteroatoms. The molecule has 0 spiro atoms. The van der Waals surface area contributed by atoms with Crippen molar-refractivity contribution in [1.29, 1.82) is 5.26 Å². The summed E-state index contributed by atoms with van der Waals surface area (Å²) in [7, 11) is 1.81. The van der Waals surface area contributed by atoms with Crippen molar-refractivity contribution in [1.82, 2.24) is 10.3 Å². The molecule has 1 amide bonds. The fourth-order valence-electron chi connectivity index (χ4n) is 2.41. The van der Waals surface area contributed by atoms with Gasteiger partial charge in [-0.05, 0) is 30.0 Å². The smallest absolute Gasteiger partial charge is 0.239 e. The molecule has 0 saturated carbocycles. The summed E-state index contributed by atoms with van der Waals surface area (Å²) in [5.74, 6) is 1.04. The van der Waals surface area contributed by atoms with Gasteiger partial charge >= 0.3 is 0 Å². The highest BCUT2D eigenvalue weighted by Gasteiger charge is 2.10. The van der Waals surface area contributed by atoms with Crippen LogP contribution in [0.15, 0.2) is 48.7 Å². The van der Waals surface area contributed by atoms with Crippen molar-refractivity contribution >= 4 is 11.7 Å². The van der Waals surface area contributed by atoms with Crippen molar-refractivity contribution in [3.8, 4) is 6.07 Å². The largest absolute Gasteiger partial charge is 0.355 e. The summed E-state index contributed by atoms with van der Waals surface area (Å²) < 4.78 is 0. The first kappa shape index (κ1) is 17.5. The van der Waals surface area contributed by atoms with E-state index in [1.807, 2.05) is 24.3 Å². The Morgan fingerprint density at radius 3 is 2.67 bits per heavy atom. The van der Waals surface area contributed by atoms with E-state index in [9.17, 15) is 4.79 Å². The molecule has 0 aliphatic carbocycles. The number of carbonyl (C=O) groups excluding carboxylic acids is 1. The first-order chi connectivity index (χ1) is 11.6. The van der Waals surface area contributed by atoms with Gasteiger partial charge in [0.15, 0.2) is 0 Å². The number of aromatic nitrogens is 1. The number of benzene rings is 1. The molecule has 2 rings (SSSR count). The first-order valence-electron chi connectivity index (χ1n) is 7.99. The summed E-state index contributed by atoms with van der Waals surface area (Å²) in [6.45, 7) is 3.04. The maximum atomic E-state index is 12.0. The van der Waals surface area contributed by atoms with Gasteiger partial charge in [-0.3, -0.25) is 4.79 Å². The maximum Gasteiger partial charge on any atom is 0.239 e. The number of carbonyl (C=O) groups is 1. The molecule has 0 fully saturated rings. The molecule has 1 heterocycles. The second kappa shape index (κ2) is 8.68. The summed E-state index contributed by atoms with van der Waals surface area (Å²) in [4.78, 5) is 18.0. The van der Waals surface area contributed by atoms with Crippen molar-refractivity contribution in [3.63, 3.8) is 0 Å². The monoisotopic (exact) mass is 322 g/mol. The molecule has 0 aliphatic heterocycles. The van der Waals surface area contributed by atoms with Crippen molar-refractivity contribution < 1.29 is 4.79 Å². The van der Waals surface area contributed by atoms with E-state index >= 15 is 0 Å². The Morgan fingerprint density at radius 1 is 1.29 bits per heavy atom. The second-order valence-electron chi connectivity index (χ2n) is 5.82. The molecule has 0 aliphatic rings. The van der Waals surface area contributed by atoms with E-state index in [-0.39, 0.29) is 12.5 Å². The van der Waals surface area contributed by atoms with Crippen molar-refractivity contribution in [2.24, 2.45) is 0 Å². The average molecular weight is 322 g/mol. The number of nitriles is 1. The quantitative estimate of drug-likeness (QED) is 0.851. The lowest BCUT2D eigenvalue weighted by Gasteiger charge is -2.18. The number of amides is 1. The molecule has 0 bridgehead atoms. The normalized spacial score (nSPS) is 11.4. The Labute approximate surface area is 142 Å². The van der Waals surface area contributed by atoms with Gasteiger partial charge in [0.1, 0.15) is 11.9 Å². The number of likely N-dealkylation sites (N-methyl/N-ethyl adjacent to an activating group) is 1. The third-order valence-electron chi connectivity index (χ3n) is 3.92. The third kappa shape index (κ3) is 5.10. The van der Waals surface area contributed by atoms with Crippen LogP contribution in [0.5, 0.6) is 0 Å². The summed E-state index contributed by atoms with van der Waals surface area (Å²) in [6, 6.07) is 15.7. The van der Waals surface area contributed by atoms with E-state index in [0.29, 0.717) is 23.8 Å². The molecule has 0 radical (unpaired) electrons. The van der Waals surface area contributed by atoms with Gasteiger partial charge in [0.2, 0.25) is 5.91 Å². The van der Waals surface area contributed by atoms with Crippen molar-refractivity contribution in [2.75, 3.05) is 25.0 Å². The van der Waals surface area contributed by atoms with E-state index in [1.165, 1.54) is 11.8 Å². The van der Waals surface area contributed by atoms with E-state index in [2.05, 4.69) is 29.4 Å². The van der Waals surface area contributed by atoms with Crippen LogP contribution in [0.1, 0.15) is 30.4 Å². The minimum atomic E-state index is -0.0380. The highest BCUT2D eigenvalue weighted by molar-refractivity contribution is 5.80. The number of hydrogen-bond acceptors (Lipinski definition) is 4. The molecule has 1 N–H and O–H groups in total. The van der Waals surface area contributed by atoms with E-state index in [4.69, 9.17) is 5.26 Å². The van der Waals surface area contributed by atoms with E-state index in [1.54, 1.807) is 24.1 Å². The SMILES string of the molecule is C[C@@H](CCNC(=O)CN(C)c1ccc(C#N)cn1)c1ccccc1. The Kier molecular flexibility index (Phi) is 6.32. The molecule has 24 heavy (non-hydrogen) atoms. The van der Waals surface area contributed by atoms with Gasteiger partial charge in [-0.2, -0.15) is 5.26 Å². The lowest BCUT2D eigenvalue weighted by Crippen LogP contribution is -2.36. The maximum absolute atomic E-state index is 12.0. The Bertz CT molecular complexity index is 692. The van der Waals surface area contributed by atoms with E-state index < -0.39 is 0 Å². The highest BCUT2D eigenvalue weighted by atomic mass is 16.2. The zero-order chi connectivity index (χ0) is 17.4. The molecule has 124 valence electrons. The Balaban J connectivity index is 1.75. The van der Waals surface area contributed by atoms with Crippen LogP contribution in [0.25, 0.3) is 0 Å². The minimum Gasteiger partial charge on any atom is -0.355 e. The number of nitrogens with one attached hydrogen (secondary N) is 1. The van der Waals surface area contributed by atoms with Gasteiger partial charge in [-0.15, -0.1) is 0 Å². The molecule has 1 aromatic heterocycles. The number of pyridine rings is 1. The van der Waals surface area contributed by atoms with Gasteiger partial charge in [0.05, 0.1) is 12.1 Å². The van der Waals surface area contributed by atoms with Crippen LogP contribution < -0.4 is 10.2 Å². The third-order valence-corrected chi connectivity index (χ3v) is 3.92. The average Bonchev–Trinajstić information content (AvgIpc) is 2.62. The van der Waals surface area contributed by atoms with Crippen LogP contribution in [0.4, 0.5) is 5.82 Å². The van der Waals surface area contributed by atoms with Crippen LogP contribution in [0.3, 0.4) is 0 Å². The van der Waals surface area contributed by atoms with Gasteiger partial charge in [-0.25, -0.2) is 4.98 Å². The molecule has 0 unspecified atom stereocenters. The lowest BCUT2D eigenvalue weighted by atomic mass is 9.98. The van der Waals surface area contributed by atoms with Crippen LogP contribution in [0.2, 0.25) is 0 Å². The van der Waals surface area contributed by atoms with Gasteiger partial charge in [0.25, 0.3) is 0 Å². The molecular formula is C19H22N4O. The number of hydrogen-bond donors (Lipinski definition) is 1. The minimum absolute atomic E-state index is 0.0380. The summed E-state index contributed by atoms with van der Waals surface area (Å²) in [5, 5.41) is 11.7. The van der Waals surface area contributed by atoms with Gasteiger partial charge in [-0.1, -0.05) is 37.3 Å². The topological polar surface area (TPSA) is 69.0 Å². The number of anilines is 1. The van der Waals surface area contributed by atoms with Gasteiger partial charge < -0.3 is 10.2 Å². The standard InChI is InChI=1S/C19H22N4O/c1-15(17-6-4-3-5-7-17)10-11-21-19(24)14-23(2)18-9-8-16(12-20)13-22-18/h3-9,13,15H,10-11,14H2,1-2H3,(H,21,24)/t15-/m0/s1. The summed E-state index contributed by atoms with van der Waals surface area (Å²) >= 11 is 0. The zero-order valence-electron chi connectivity index (χ0n) is 14.1. The highest BCUT2D eigenvalue weighted by Crippen LogP contribution is 2.17. The lowest BCUT2D eigenvalue weighted by molar-refractivity contribution is -0.119. The van der Waals surface area contributed by atoms with Crippen LogP contribution in [-0.4, -0.2) is 31.0 Å².